The van der Waals surface area contributed by atoms with E-state index in [1.165, 1.54) is 0 Å². The molecule has 0 aliphatic carbocycles. The largest absolute Gasteiger partial charge is 0.463 e. The molecule has 2 N–H and O–H groups in total. The average molecular weight is 385 g/mol. The lowest BCUT2D eigenvalue weighted by atomic mass is 9.99. The van der Waals surface area contributed by atoms with Gasteiger partial charge >= 0.3 is 0 Å². The summed E-state index contributed by atoms with van der Waals surface area (Å²) in [6.45, 7) is 2.67. The van der Waals surface area contributed by atoms with Gasteiger partial charge in [-0.15, -0.1) is 0 Å². The van der Waals surface area contributed by atoms with Gasteiger partial charge in [-0.1, -0.05) is 17.7 Å². The molecular weight excluding hydrogens is 364 g/mol. The molecule has 0 radical (unpaired) electrons. The minimum Gasteiger partial charge on any atom is -0.463 e. The smallest absolute Gasteiger partial charge is 0.274 e. The van der Waals surface area contributed by atoms with Crippen LogP contribution < -0.4 is 5.73 Å². The molecule has 0 saturated carbocycles. The Morgan fingerprint density at radius 2 is 2.15 bits per heavy atom. The first-order valence-electron chi connectivity index (χ1n) is 8.99. The van der Waals surface area contributed by atoms with Crippen LogP contribution in [0.15, 0.2) is 53.1 Å². The highest BCUT2D eigenvalue weighted by Crippen LogP contribution is 2.27. The van der Waals surface area contributed by atoms with E-state index >= 15 is 0 Å². The van der Waals surface area contributed by atoms with Crippen LogP contribution in [0.4, 0.5) is 0 Å². The minimum atomic E-state index is -0.0945. The first-order valence-corrected chi connectivity index (χ1v) is 9.37. The van der Waals surface area contributed by atoms with Crippen LogP contribution in [0.1, 0.15) is 30.3 Å². The normalized spacial score (nSPS) is 20.0. The van der Waals surface area contributed by atoms with Crippen molar-refractivity contribution in [3.63, 3.8) is 0 Å². The van der Waals surface area contributed by atoms with Crippen LogP contribution in [-0.2, 0) is 0 Å². The number of halogens is 1. The fourth-order valence-corrected chi connectivity index (χ4v) is 3.73. The van der Waals surface area contributed by atoms with Gasteiger partial charge in [0.05, 0.1) is 12.0 Å². The van der Waals surface area contributed by atoms with Crippen molar-refractivity contribution in [1.29, 1.82) is 0 Å². The number of furan rings is 1. The van der Waals surface area contributed by atoms with Crippen molar-refractivity contribution in [2.75, 3.05) is 6.54 Å². The molecule has 1 aliphatic rings. The van der Waals surface area contributed by atoms with E-state index in [9.17, 15) is 4.79 Å². The summed E-state index contributed by atoms with van der Waals surface area (Å²) in [5, 5.41) is 5.18. The molecule has 4 rings (SSSR count). The lowest BCUT2D eigenvalue weighted by Crippen LogP contribution is -2.48. The summed E-state index contributed by atoms with van der Waals surface area (Å²) >= 11 is 6.14. The molecule has 1 aromatic carbocycles. The molecular formula is C20H21ClN4O2. The zero-order valence-electron chi connectivity index (χ0n) is 15.0. The number of hydrogen-bond acceptors (Lipinski definition) is 4. The van der Waals surface area contributed by atoms with Crippen molar-refractivity contribution in [2.24, 2.45) is 5.73 Å². The first-order chi connectivity index (χ1) is 13.0. The number of carbonyl (C=O) groups is 1. The number of amides is 1. The number of nitrogens with zero attached hydrogens (tertiary/aromatic N) is 3. The maximum atomic E-state index is 13.1. The molecule has 2 atom stereocenters. The second-order valence-corrected chi connectivity index (χ2v) is 7.35. The monoisotopic (exact) mass is 384 g/mol. The Kier molecular flexibility index (Phi) is 4.76. The number of piperidine rings is 1. The van der Waals surface area contributed by atoms with Crippen molar-refractivity contribution in [3.8, 4) is 17.1 Å². The summed E-state index contributed by atoms with van der Waals surface area (Å²) in [6.07, 6.45) is 3.20. The van der Waals surface area contributed by atoms with Gasteiger partial charge in [0.2, 0.25) is 0 Å². The van der Waals surface area contributed by atoms with Crippen LogP contribution in [0.2, 0.25) is 5.02 Å². The molecule has 2 aromatic heterocycles. The Morgan fingerprint density at radius 3 is 2.85 bits per heavy atom. The Bertz CT molecular complexity index is 951. The third-order valence-electron chi connectivity index (χ3n) is 4.93. The highest BCUT2D eigenvalue weighted by Gasteiger charge is 2.30. The molecule has 7 heteroatoms. The SMILES string of the molecule is C[C@@H]1C[C@@H](N)CCN1C(=O)c1cc(-c2ccco2)n(-c2cccc(Cl)c2)n1. The highest BCUT2D eigenvalue weighted by atomic mass is 35.5. The number of aromatic nitrogens is 2. The number of carbonyl (C=O) groups excluding carboxylic acids is 1. The van der Waals surface area contributed by atoms with Crippen molar-refractivity contribution in [3.05, 3.63) is 59.4 Å². The van der Waals surface area contributed by atoms with Crippen LogP contribution >= 0.6 is 11.6 Å². The summed E-state index contributed by atoms with van der Waals surface area (Å²) in [5.74, 6) is 0.540. The molecule has 0 spiro atoms. The molecule has 0 unspecified atom stereocenters. The summed E-state index contributed by atoms with van der Waals surface area (Å²) in [7, 11) is 0. The summed E-state index contributed by atoms with van der Waals surface area (Å²) in [4.78, 5) is 14.9. The second-order valence-electron chi connectivity index (χ2n) is 6.92. The summed E-state index contributed by atoms with van der Waals surface area (Å²) in [6, 6.07) is 13.0. The Hall–Kier alpha value is -2.57. The molecule has 1 aliphatic heterocycles. The van der Waals surface area contributed by atoms with E-state index in [4.69, 9.17) is 21.8 Å². The quantitative estimate of drug-likeness (QED) is 0.746. The van der Waals surface area contributed by atoms with Gasteiger partial charge in [0.1, 0.15) is 5.69 Å². The van der Waals surface area contributed by atoms with Crippen molar-refractivity contribution in [1.82, 2.24) is 14.7 Å². The molecule has 140 valence electrons. The van der Waals surface area contributed by atoms with E-state index in [1.54, 1.807) is 35.2 Å². The number of likely N-dealkylation sites (tertiary alicyclic amines) is 1. The summed E-state index contributed by atoms with van der Waals surface area (Å²) in [5.41, 5.74) is 7.87. The topological polar surface area (TPSA) is 77.3 Å². The Labute approximate surface area is 162 Å². The standard InChI is InChI=1S/C20H21ClN4O2/c1-13-10-15(22)7-8-24(13)20(26)17-12-18(19-6-3-9-27-19)25(23-17)16-5-2-4-14(21)11-16/h2-6,9,11-13,15H,7-8,10,22H2,1H3/t13-,15+/m1/s1. The predicted molar refractivity (Wildman–Crippen MR) is 104 cm³/mol. The van der Waals surface area contributed by atoms with Gasteiger partial charge in [-0.3, -0.25) is 4.79 Å². The van der Waals surface area contributed by atoms with E-state index in [0.29, 0.717) is 28.7 Å². The van der Waals surface area contributed by atoms with E-state index in [0.717, 1.165) is 18.5 Å². The number of nitrogens with two attached hydrogens (primary N) is 1. The van der Waals surface area contributed by atoms with E-state index in [2.05, 4.69) is 5.10 Å². The van der Waals surface area contributed by atoms with Crippen LogP contribution in [0.3, 0.4) is 0 Å². The third-order valence-corrected chi connectivity index (χ3v) is 5.17. The van der Waals surface area contributed by atoms with Crippen LogP contribution in [-0.4, -0.2) is 39.2 Å². The van der Waals surface area contributed by atoms with Gasteiger partial charge in [0, 0.05) is 29.7 Å². The number of rotatable bonds is 3. The van der Waals surface area contributed by atoms with E-state index in [1.807, 2.05) is 30.0 Å². The lowest BCUT2D eigenvalue weighted by Gasteiger charge is -2.35. The van der Waals surface area contributed by atoms with Crippen LogP contribution in [0.25, 0.3) is 17.1 Å². The third kappa shape index (κ3) is 3.50. The fourth-order valence-electron chi connectivity index (χ4n) is 3.55. The average Bonchev–Trinajstić information content (AvgIpc) is 3.31. The van der Waals surface area contributed by atoms with Crippen LogP contribution in [0, 0.1) is 0 Å². The molecule has 6 nitrogen and oxygen atoms in total. The van der Waals surface area contributed by atoms with Crippen molar-refractivity contribution >= 4 is 17.5 Å². The lowest BCUT2D eigenvalue weighted by molar-refractivity contribution is 0.0612. The molecule has 27 heavy (non-hydrogen) atoms. The van der Waals surface area contributed by atoms with Gasteiger partial charge in [0.25, 0.3) is 5.91 Å². The molecule has 1 fully saturated rings. The first kappa shape index (κ1) is 17.8. The zero-order chi connectivity index (χ0) is 19.0. The Balaban J connectivity index is 1.74. The van der Waals surface area contributed by atoms with Gasteiger partial charge in [0.15, 0.2) is 11.5 Å². The van der Waals surface area contributed by atoms with E-state index in [-0.39, 0.29) is 18.0 Å². The molecule has 0 bridgehead atoms. The van der Waals surface area contributed by atoms with Crippen molar-refractivity contribution in [2.45, 2.75) is 31.8 Å². The van der Waals surface area contributed by atoms with Gasteiger partial charge in [-0.2, -0.15) is 5.10 Å². The maximum Gasteiger partial charge on any atom is 0.274 e. The Morgan fingerprint density at radius 1 is 1.30 bits per heavy atom. The van der Waals surface area contributed by atoms with Gasteiger partial charge in [-0.05, 0) is 50.1 Å². The second kappa shape index (κ2) is 7.21. The fraction of sp³-hybridized carbons (Fsp3) is 0.300. The number of hydrogen-bond donors (Lipinski definition) is 1. The van der Waals surface area contributed by atoms with Gasteiger partial charge in [-0.25, -0.2) is 4.68 Å². The van der Waals surface area contributed by atoms with Gasteiger partial charge < -0.3 is 15.1 Å². The number of benzene rings is 1. The molecule has 3 heterocycles. The minimum absolute atomic E-state index is 0.0876. The predicted octanol–water partition coefficient (Wildman–Crippen LogP) is 3.74. The van der Waals surface area contributed by atoms with E-state index < -0.39 is 0 Å². The molecule has 3 aromatic rings. The summed E-state index contributed by atoms with van der Waals surface area (Å²) < 4.78 is 7.24. The van der Waals surface area contributed by atoms with Crippen molar-refractivity contribution < 1.29 is 9.21 Å². The zero-order valence-corrected chi connectivity index (χ0v) is 15.8. The maximum absolute atomic E-state index is 13.1. The molecule has 1 amide bonds. The molecule has 1 saturated heterocycles. The van der Waals surface area contributed by atoms with Crippen LogP contribution in [0.5, 0.6) is 0 Å². The highest BCUT2D eigenvalue weighted by molar-refractivity contribution is 6.30.